The van der Waals surface area contributed by atoms with Crippen LogP contribution in [0.4, 0.5) is 0 Å². The van der Waals surface area contributed by atoms with Gasteiger partial charge in [-0.3, -0.25) is 4.79 Å². The molecule has 1 heterocycles. The lowest BCUT2D eigenvalue weighted by Gasteiger charge is -2.15. The van der Waals surface area contributed by atoms with E-state index in [0.717, 1.165) is 10.9 Å². The van der Waals surface area contributed by atoms with Crippen LogP contribution in [0.3, 0.4) is 0 Å². The van der Waals surface area contributed by atoms with E-state index in [4.69, 9.17) is 9.52 Å². The lowest BCUT2D eigenvalue weighted by atomic mass is 10.0. The first-order valence-electron chi connectivity index (χ1n) is 6.91. The van der Waals surface area contributed by atoms with E-state index in [1.54, 1.807) is 6.07 Å². The predicted octanol–water partition coefficient (Wildman–Crippen LogP) is 2.97. The summed E-state index contributed by atoms with van der Waals surface area (Å²) in [4.78, 5) is 23.3. The maximum absolute atomic E-state index is 12.2. The molecule has 112 valence electrons. The molecule has 0 spiro atoms. The van der Waals surface area contributed by atoms with Crippen LogP contribution in [0.25, 0.3) is 11.0 Å². The van der Waals surface area contributed by atoms with Gasteiger partial charge >= 0.3 is 5.97 Å². The minimum absolute atomic E-state index is 0.134. The number of amides is 1. The van der Waals surface area contributed by atoms with Gasteiger partial charge in [0.25, 0.3) is 5.91 Å². The zero-order valence-corrected chi connectivity index (χ0v) is 12.3. The van der Waals surface area contributed by atoms with Gasteiger partial charge in [-0.2, -0.15) is 0 Å². The highest BCUT2D eigenvalue weighted by Crippen LogP contribution is 2.22. The second kappa shape index (κ2) is 5.99. The summed E-state index contributed by atoms with van der Waals surface area (Å²) >= 11 is 0. The summed E-state index contributed by atoms with van der Waals surface area (Å²) in [5, 5.41) is 12.5. The van der Waals surface area contributed by atoms with Crippen molar-refractivity contribution in [2.24, 2.45) is 5.92 Å². The van der Waals surface area contributed by atoms with E-state index in [1.165, 1.54) is 0 Å². The average Bonchev–Trinajstić information content (AvgIpc) is 2.82. The molecule has 1 amide bonds. The largest absolute Gasteiger partial charge is 0.480 e. The molecule has 0 saturated heterocycles. The Morgan fingerprint density at radius 2 is 2.05 bits per heavy atom. The molecule has 5 heteroatoms. The van der Waals surface area contributed by atoms with E-state index in [9.17, 15) is 9.59 Å². The van der Waals surface area contributed by atoms with Crippen molar-refractivity contribution in [1.29, 1.82) is 0 Å². The van der Waals surface area contributed by atoms with Crippen molar-refractivity contribution in [1.82, 2.24) is 5.32 Å². The summed E-state index contributed by atoms with van der Waals surface area (Å²) in [6.45, 7) is 5.71. The lowest BCUT2D eigenvalue weighted by molar-refractivity contribution is -0.139. The van der Waals surface area contributed by atoms with Crippen LogP contribution in [0.15, 0.2) is 28.7 Å². The second-order valence-electron chi connectivity index (χ2n) is 5.60. The minimum Gasteiger partial charge on any atom is -0.480 e. The van der Waals surface area contributed by atoms with Gasteiger partial charge in [-0.25, -0.2) is 4.79 Å². The standard InChI is InChI=1S/C16H19NO4/c1-9(2)7-12(16(19)20)17-15(18)13-8-11-6-4-5-10(3)14(11)21-13/h4-6,8-9,12H,7H2,1-3H3,(H,17,18)(H,19,20). The van der Waals surface area contributed by atoms with Crippen LogP contribution in [0.1, 0.15) is 36.4 Å². The Morgan fingerprint density at radius 3 is 2.62 bits per heavy atom. The van der Waals surface area contributed by atoms with E-state index in [-0.39, 0.29) is 11.7 Å². The zero-order valence-electron chi connectivity index (χ0n) is 12.3. The van der Waals surface area contributed by atoms with E-state index < -0.39 is 17.9 Å². The minimum atomic E-state index is -1.04. The number of carbonyl (C=O) groups is 2. The van der Waals surface area contributed by atoms with Crippen LogP contribution in [0.5, 0.6) is 0 Å². The van der Waals surface area contributed by atoms with Crippen LogP contribution in [0, 0.1) is 12.8 Å². The number of benzene rings is 1. The molecule has 0 aliphatic rings. The van der Waals surface area contributed by atoms with Crippen LogP contribution < -0.4 is 5.32 Å². The summed E-state index contributed by atoms with van der Waals surface area (Å²) < 4.78 is 5.54. The number of aryl methyl sites for hydroxylation is 1. The van der Waals surface area contributed by atoms with Crippen molar-refractivity contribution in [3.8, 4) is 0 Å². The Kier molecular flexibility index (Phi) is 4.31. The molecule has 1 atom stereocenters. The SMILES string of the molecule is Cc1cccc2cc(C(=O)NC(CC(C)C)C(=O)O)oc12. The monoisotopic (exact) mass is 289 g/mol. The Hall–Kier alpha value is -2.30. The number of aliphatic carboxylic acids is 1. The highest BCUT2D eigenvalue weighted by Gasteiger charge is 2.23. The number of nitrogens with one attached hydrogen (secondary N) is 1. The van der Waals surface area contributed by atoms with Crippen molar-refractivity contribution >= 4 is 22.8 Å². The maximum atomic E-state index is 12.2. The quantitative estimate of drug-likeness (QED) is 0.886. The summed E-state index contributed by atoms with van der Waals surface area (Å²) in [5.41, 5.74) is 1.59. The number of carboxylic acid groups (broad SMARTS) is 1. The van der Waals surface area contributed by atoms with Crippen molar-refractivity contribution in [3.05, 3.63) is 35.6 Å². The normalized spacial score (nSPS) is 12.6. The van der Waals surface area contributed by atoms with E-state index in [2.05, 4.69) is 5.32 Å². The summed E-state index contributed by atoms with van der Waals surface area (Å²) in [6, 6.07) is 6.35. The van der Waals surface area contributed by atoms with Gasteiger partial charge in [0.2, 0.25) is 0 Å². The van der Waals surface area contributed by atoms with Crippen molar-refractivity contribution < 1.29 is 19.1 Å². The Balaban J connectivity index is 2.21. The molecule has 0 saturated carbocycles. The summed E-state index contributed by atoms with van der Waals surface area (Å²) in [6.07, 6.45) is 0.375. The van der Waals surface area contributed by atoms with E-state index in [1.807, 2.05) is 39.0 Å². The van der Waals surface area contributed by atoms with Crippen LogP contribution >= 0.6 is 0 Å². The number of furan rings is 1. The van der Waals surface area contributed by atoms with Gasteiger partial charge in [0.1, 0.15) is 11.6 Å². The molecule has 1 unspecified atom stereocenters. The number of hydrogen-bond donors (Lipinski definition) is 2. The fourth-order valence-corrected chi connectivity index (χ4v) is 2.24. The average molecular weight is 289 g/mol. The molecular weight excluding hydrogens is 270 g/mol. The number of fused-ring (bicyclic) bond motifs is 1. The molecule has 2 aromatic rings. The van der Waals surface area contributed by atoms with Gasteiger partial charge in [0, 0.05) is 5.39 Å². The molecule has 1 aromatic heterocycles. The van der Waals surface area contributed by atoms with Crippen molar-refractivity contribution in [2.75, 3.05) is 0 Å². The first kappa shape index (κ1) is 15.1. The number of para-hydroxylation sites is 1. The Morgan fingerprint density at radius 1 is 1.33 bits per heavy atom. The highest BCUT2D eigenvalue weighted by atomic mass is 16.4. The topological polar surface area (TPSA) is 79.5 Å². The molecule has 0 radical (unpaired) electrons. The van der Waals surface area contributed by atoms with Gasteiger partial charge in [-0.15, -0.1) is 0 Å². The molecule has 1 aromatic carbocycles. The van der Waals surface area contributed by atoms with Gasteiger partial charge in [-0.1, -0.05) is 32.0 Å². The van der Waals surface area contributed by atoms with E-state index >= 15 is 0 Å². The third kappa shape index (κ3) is 3.42. The molecule has 5 nitrogen and oxygen atoms in total. The maximum Gasteiger partial charge on any atom is 0.326 e. The molecule has 0 aliphatic heterocycles. The van der Waals surface area contributed by atoms with Gasteiger partial charge in [0.05, 0.1) is 0 Å². The smallest absolute Gasteiger partial charge is 0.326 e. The number of carboxylic acids is 1. The molecule has 0 fully saturated rings. The first-order valence-corrected chi connectivity index (χ1v) is 6.91. The van der Waals surface area contributed by atoms with Gasteiger partial charge < -0.3 is 14.8 Å². The number of rotatable bonds is 5. The summed E-state index contributed by atoms with van der Waals surface area (Å²) in [7, 11) is 0. The molecular formula is C16H19NO4. The van der Waals surface area contributed by atoms with Crippen LogP contribution in [-0.4, -0.2) is 23.0 Å². The zero-order chi connectivity index (χ0) is 15.6. The van der Waals surface area contributed by atoms with Crippen molar-refractivity contribution in [2.45, 2.75) is 33.2 Å². The third-order valence-corrected chi connectivity index (χ3v) is 3.28. The highest BCUT2D eigenvalue weighted by molar-refractivity contribution is 5.98. The first-order chi connectivity index (χ1) is 9.88. The second-order valence-corrected chi connectivity index (χ2v) is 5.60. The summed E-state index contributed by atoms with van der Waals surface area (Å²) in [5.74, 6) is -1.23. The van der Waals surface area contributed by atoms with Gasteiger partial charge in [0.15, 0.2) is 5.76 Å². The predicted molar refractivity (Wildman–Crippen MR) is 79.3 cm³/mol. The molecule has 2 N–H and O–H groups in total. The number of carbonyl (C=O) groups excluding carboxylic acids is 1. The fraction of sp³-hybridized carbons (Fsp3) is 0.375. The fourth-order valence-electron chi connectivity index (χ4n) is 2.24. The lowest BCUT2D eigenvalue weighted by Crippen LogP contribution is -2.41. The van der Waals surface area contributed by atoms with Crippen LogP contribution in [-0.2, 0) is 4.79 Å². The molecule has 0 aliphatic carbocycles. The molecule has 21 heavy (non-hydrogen) atoms. The number of hydrogen-bond acceptors (Lipinski definition) is 3. The van der Waals surface area contributed by atoms with E-state index in [0.29, 0.717) is 12.0 Å². The molecule has 2 rings (SSSR count). The Labute approximate surface area is 122 Å². The molecule has 0 bridgehead atoms. The Bertz CT molecular complexity index is 672. The van der Waals surface area contributed by atoms with Crippen molar-refractivity contribution in [3.63, 3.8) is 0 Å². The van der Waals surface area contributed by atoms with Gasteiger partial charge in [-0.05, 0) is 30.9 Å². The third-order valence-electron chi connectivity index (χ3n) is 3.28. The van der Waals surface area contributed by atoms with Crippen LogP contribution in [0.2, 0.25) is 0 Å².